The molecule has 152 valence electrons. The molecule has 1 saturated heterocycles. The van der Waals surface area contributed by atoms with E-state index in [2.05, 4.69) is 32.4 Å². The fraction of sp³-hybridized carbons (Fsp3) is 0.737. The van der Waals surface area contributed by atoms with Gasteiger partial charge in [-0.2, -0.15) is 0 Å². The number of aromatic nitrogens is 1. The Morgan fingerprint density at radius 1 is 1.37 bits per heavy atom. The van der Waals surface area contributed by atoms with Crippen LogP contribution in [0.2, 0.25) is 0 Å². The first-order valence-corrected chi connectivity index (χ1v) is 10.6. The Morgan fingerprint density at radius 3 is 2.70 bits per heavy atom. The molecule has 7 nitrogen and oxygen atoms in total. The van der Waals surface area contributed by atoms with Gasteiger partial charge in [0.2, 0.25) is 0 Å². The SMILES string of the molecule is CCOC(=O)c1sc(C(C)NC(=NC)NCC(C)CN2CCCC2)nc1C. The predicted octanol–water partition coefficient (Wildman–Crippen LogP) is 2.59. The number of carbonyl (C=O) groups is 1. The van der Waals surface area contributed by atoms with Gasteiger partial charge < -0.3 is 20.3 Å². The molecular formula is C19H33N5O2S. The highest BCUT2D eigenvalue weighted by atomic mass is 32.1. The van der Waals surface area contributed by atoms with Gasteiger partial charge in [-0.1, -0.05) is 6.92 Å². The summed E-state index contributed by atoms with van der Waals surface area (Å²) in [6.45, 7) is 12.7. The third-order valence-corrected chi connectivity index (χ3v) is 5.93. The van der Waals surface area contributed by atoms with Gasteiger partial charge in [0.25, 0.3) is 0 Å². The molecule has 0 radical (unpaired) electrons. The second-order valence-corrected chi connectivity index (χ2v) is 8.15. The Balaban J connectivity index is 1.86. The third-order valence-electron chi connectivity index (χ3n) is 4.61. The van der Waals surface area contributed by atoms with Crippen molar-refractivity contribution in [3.05, 3.63) is 15.6 Å². The predicted molar refractivity (Wildman–Crippen MR) is 111 cm³/mol. The van der Waals surface area contributed by atoms with Crippen LogP contribution in [0.25, 0.3) is 0 Å². The van der Waals surface area contributed by atoms with Crippen LogP contribution in [0.4, 0.5) is 0 Å². The second-order valence-electron chi connectivity index (χ2n) is 7.12. The lowest BCUT2D eigenvalue weighted by Gasteiger charge is -2.22. The van der Waals surface area contributed by atoms with Crippen LogP contribution in [0.3, 0.4) is 0 Å². The van der Waals surface area contributed by atoms with Gasteiger partial charge in [-0.3, -0.25) is 4.99 Å². The molecule has 0 bridgehead atoms. The van der Waals surface area contributed by atoms with E-state index >= 15 is 0 Å². The van der Waals surface area contributed by atoms with Gasteiger partial charge in [0.15, 0.2) is 5.96 Å². The third kappa shape index (κ3) is 6.46. The molecule has 1 aliphatic rings. The van der Waals surface area contributed by atoms with Crippen molar-refractivity contribution < 1.29 is 9.53 Å². The van der Waals surface area contributed by atoms with E-state index in [0.717, 1.165) is 24.1 Å². The Bertz CT molecular complexity index is 640. The van der Waals surface area contributed by atoms with E-state index in [4.69, 9.17) is 4.74 Å². The molecule has 0 spiro atoms. The Hall–Kier alpha value is -1.67. The van der Waals surface area contributed by atoms with Gasteiger partial charge >= 0.3 is 5.97 Å². The van der Waals surface area contributed by atoms with Crippen LogP contribution in [0, 0.1) is 12.8 Å². The molecule has 1 aromatic rings. The number of likely N-dealkylation sites (tertiary alicyclic amines) is 1. The number of aryl methyl sites for hydroxylation is 1. The van der Waals surface area contributed by atoms with Crippen LogP contribution >= 0.6 is 11.3 Å². The fourth-order valence-corrected chi connectivity index (χ4v) is 4.15. The summed E-state index contributed by atoms with van der Waals surface area (Å²) < 4.78 is 5.09. The van der Waals surface area contributed by atoms with E-state index in [1.165, 1.54) is 37.3 Å². The Labute approximate surface area is 166 Å². The highest BCUT2D eigenvalue weighted by Gasteiger charge is 2.20. The number of thiazole rings is 1. The zero-order valence-electron chi connectivity index (χ0n) is 17.2. The smallest absolute Gasteiger partial charge is 0.350 e. The van der Waals surface area contributed by atoms with Crippen molar-refractivity contribution in [3.8, 4) is 0 Å². The molecule has 0 aromatic carbocycles. The first kappa shape index (κ1) is 21.6. The summed E-state index contributed by atoms with van der Waals surface area (Å²) in [4.78, 5) is 23.9. The van der Waals surface area contributed by atoms with Gasteiger partial charge in [-0.25, -0.2) is 9.78 Å². The van der Waals surface area contributed by atoms with Gasteiger partial charge in [0.1, 0.15) is 9.88 Å². The van der Waals surface area contributed by atoms with Crippen LogP contribution in [-0.4, -0.2) is 61.6 Å². The average Bonchev–Trinajstić information content (AvgIpc) is 3.28. The highest BCUT2D eigenvalue weighted by Crippen LogP contribution is 2.24. The average molecular weight is 396 g/mol. The molecule has 2 N–H and O–H groups in total. The number of ether oxygens (including phenoxy) is 1. The van der Waals surface area contributed by atoms with Gasteiger partial charge in [0, 0.05) is 20.1 Å². The van der Waals surface area contributed by atoms with E-state index < -0.39 is 0 Å². The van der Waals surface area contributed by atoms with E-state index in [1.54, 1.807) is 14.0 Å². The lowest BCUT2D eigenvalue weighted by Crippen LogP contribution is -2.42. The van der Waals surface area contributed by atoms with Crippen molar-refractivity contribution in [1.82, 2.24) is 20.5 Å². The summed E-state index contributed by atoms with van der Waals surface area (Å²) in [5.74, 6) is 1.000. The number of guanidine groups is 1. The Morgan fingerprint density at radius 2 is 2.07 bits per heavy atom. The number of nitrogens with one attached hydrogen (secondary N) is 2. The van der Waals surface area contributed by atoms with Crippen LogP contribution < -0.4 is 10.6 Å². The van der Waals surface area contributed by atoms with Crippen molar-refractivity contribution in [2.75, 3.05) is 39.8 Å². The molecule has 2 unspecified atom stereocenters. The van der Waals surface area contributed by atoms with Crippen LogP contribution in [0.5, 0.6) is 0 Å². The van der Waals surface area contributed by atoms with Gasteiger partial charge in [0.05, 0.1) is 18.3 Å². The number of esters is 1. The molecule has 1 aromatic heterocycles. The number of aliphatic imine (C=N–C) groups is 1. The molecule has 0 saturated carbocycles. The zero-order valence-corrected chi connectivity index (χ0v) is 18.0. The van der Waals surface area contributed by atoms with Gasteiger partial charge in [-0.05, 0) is 52.6 Å². The summed E-state index contributed by atoms with van der Waals surface area (Å²) in [5.41, 5.74) is 0.712. The minimum absolute atomic E-state index is 0.0445. The van der Waals surface area contributed by atoms with Crippen LogP contribution in [0.1, 0.15) is 60.0 Å². The maximum absolute atomic E-state index is 12.0. The summed E-state index contributed by atoms with van der Waals surface area (Å²) in [7, 11) is 1.77. The monoisotopic (exact) mass is 395 g/mol. The number of rotatable bonds is 8. The normalized spacial score (nSPS) is 17.6. The largest absolute Gasteiger partial charge is 0.462 e. The Kier molecular flexibility index (Phi) is 8.50. The topological polar surface area (TPSA) is 78.8 Å². The molecular weight excluding hydrogens is 362 g/mol. The number of carbonyl (C=O) groups excluding carboxylic acids is 1. The van der Waals surface area contributed by atoms with Crippen LogP contribution in [0.15, 0.2) is 4.99 Å². The molecule has 8 heteroatoms. The minimum Gasteiger partial charge on any atom is -0.462 e. The number of nitrogens with zero attached hydrogens (tertiary/aromatic N) is 3. The minimum atomic E-state index is -0.302. The maximum Gasteiger partial charge on any atom is 0.350 e. The molecule has 2 rings (SSSR count). The van der Waals surface area contributed by atoms with Crippen LogP contribution in [-0.2, 0) is 4.74 Å². The van der Waals surface area contributed by atoms with Crippen molar-refractivity contribution >= 4 is 23.3 Å². The lowest BCUT2D eigenvalue weighted by molar-refractivity contribution is 0.0531. The maximum atomic E-state index is 12.0. The lowest BCUT2D eigenvalue weighted by atomic mass is 10.1. The van der Waals surface area contributed by atoms with E-state index in [-0.39, 0.29) is 12.0 Å². The van der Waals surface area contributed by atoms with Crippen molar-refractivity contribution in [2.24, 2.45) is 10.9 Å². The molecule has 1 fully saturated rings. The first-order chi connectivity index (χ1) is 12.9. The highest BCUT2D eigenvalue weighted by molar-refractivity contribution is 7.13. The van der Waals surface area contributed by atoms with Crippen molar-refractivity contribution in [3.63, 3.8) is 0 Å². The number of hydrogen-bond donors (Lipinski definition) is 2. The quantitative estimate of drug-likeness (QED) is 0.400. The van der Waals surface area contributed by atoms with Gasteiger partial charge in [-0.15, -0.1) is 11.3 Å². The molecule has 27 heavy (non-hydrogen) atoms. The fourth-order valence-electron chi connectivity index (χ4n) is 3.19. The summed E-state index contributed by atoms with van der Waals surface area (Å²) in [6, 6.07) is -0.0445. The first-order valence-electron chi connectivity index (χ1n) is 9.78. The summed E-state index contributed by atoms with van der Waals surface area (Å²) in [5, 5.41) is 7.62. The van der Waals surface area contributed by atoms with Crippen molar-refractivity contribution in [1.29, 1.82) is 0 Å². The number of hydrogen-bond acceptors (Lipinski definition) is 6. The van der Waals surface area contributed by atoms with E-state index in [1.807, 2.05) is 13.8 Å². The summed E-state index contributed by atoms with van der Waals surface area (Å²) >= 11 is 1.38. The molecule has 0 amide bonds. The van der Waals surface area contributed by atoms with E-state index in [0.29, 0.717) is 23.1 Å². The van der Waals surface area contributed by atoms with Crippen molar-refractivity contribution in [2.45, 2.75) is 46.6 Å². The molecule has 1 aliphatic heterocycles. The molecule has 2 atom stereocenters. The second kappa shape index (κ2) is 10.6. The molecule has 0 aliphatic carbocycles. The standard InChI is InChI=1S/C19H33N5O2S/c1-6-26-18(25)16-14(3)22-17(27-16)15(4)23-19(20-5)21-11-13(2)12-24-9-7-8-10-24/h13,15H,6-12H2,1-5H3,(H2,20,21,23). The van der Waals surface area contributed by atoms with E-state index in [9.17, 15) is 4.79 Å². The molecule has 2 heterocycles. The zero-order chi connectivity index (χ0) is 19.8. The summed E-state index contributed by atoms with van der Waals surface area (Å²) in [6.07, 6.45) is 2.64.